The Morgan fingerprint density at radius 3 is 2.46 bits per heavy atom. The number of hydrogen-bond acceptors (Lipinski definition) is 8. The lowest BCUT2D eigenvalue weighted by atomic mass is 9.99. The second-order valence-corrected chi connectivity index (χ2v) is 9.33. The van der Waals surface area contributed by atoms with Crippen LogP contribution in [0, 0.1) is 0 Å². The molecular weight excluding hydrogens is 478 g/mol. The number of rotatable bonds is 10. The number of hydrogen-bond donors (Lipinski definition) is 4. The molecule has 2 aromatic carbocycles. The van der Waals surface area contributed by atoms with Gasteiger partial charge < -0.3 is 24.6 Å². The maximum Gasteiger partial charge on any atom is 0.243 e. The molecule has 2 heterocycles. The molecule has 0 radical (unpaired) electrons. The molecule has 4 N–H and O–H groups in total. The average Bonchev–Trinajstić information content (AvgIpc) is 2.93. The summed E-state index contributed by atoms with van der Waals surface area (Å²) >= 11 is 0. The van der Waals surface area contributed by atoms with Gasteiger partial charge in [0.1, 0.15) is 0 Å². The van der Waals surface area contributed by atoms with E-state index in [2.05, 4.69) is 10.2 Å². The summed E-state index contributed by atoms with van der Waals surface area (Å²) < 4.78 is 18.3. The van der Waals surface area contributed by atoms with Crippen molar-refractivity contribution < 1.29 is 34.1 Å². The van der Waals surface area contributed by atoms with Gasteiger partial charge >= 0.3 is 0 Å². The van der Waals surface area contributed by atoms with E-state index < -0.39 is 12.2 Å². The van der Waals surface area contributed by atoms with Gasteiger partial charge in [0.25, 0.3) is 0 Å². The van der Waals surface area contributed by atoms with Gasteiger partial charge in [-0.1, -0.05) is 36.4 Å². The molecule has 2 amide bonds. The molecule has 2 aliphatic heterocycles. The highest BCUT2D eigenvalue weighted by Crippen LogP contribution is 2.38. The number of aliphatic hydroxyl groups excluding tert-OH is 1. The minimum Gasteiger partial charge on any atom is -0.392 e. The van der Waals surface area contributed by atoms with Crippen molar-refractivity contribution in [3.8, 4) is 0 Å². The molecule has 2 fully saturated rings. The van der Waals surface area contributed by atoms with Crippen molar-refractivity contribution in [3.63, 3.8) is 0 Å². The zero-order valence-corrected chi connectivity index (χ0v) is 20.8. The number of aliphatic hydroxyl groups is 1. The zero-order chi connectivity index (χ0) is 26.0. The normalized spacial score (nSPS) is 22.4. The molecule has 0 bridgehead atoms. The van der Waals surface area contributed by atoms with E-state index >= 15 is 0 Å². The minimum absolute atomic E-state index is 0.00958. The van der Waals surface area contributed by atoms with Crippen LogP contribution in [-0.2, 0) is 30.4 Å². The van der Waals surface area contributed by atoms with Gasteiger partial charge in [0.15, 0.2) is 6.29 Å². The van der Waals surface area contributed by atoms with Crippen molar-refractivity contribution in [3.05, 3.63) is 65.2 Å². The molecule has 0 aliphatic carbocycles. The first-order chi connectivity index (χ1) is 18.0. The Balaban J connectivity index is 1.45. The molecule has 37 heavy (non-hydrogen) atoms. The molecule has 0 unspecified atom stereocenters. The van der Waals surface area contributed by atoms with Crippen LogP contribution in [0.2, 0.25) is 0 Å². The molecule has 2 saturated heterocycles. The van der Waals surface area contributed by atoms with Crippen molar-refractivity contribution in [1.29, 1.82) is 0 Å². The Labute approximate surface area is 216 Å². The predicted molar refractivity (Wildman–Crippen MR) is 135 cm³/mol. The first-order valence-electron chi connectivity index (χ1n) is 12.7. The minimum atomic E-state index is -0.618. The molecule has 2 aliphatic rings. The van der Waals surface area contributed by atoms with Crippen LogP contribution >= 0.6 is 0 Å². The van der Waals surface area contributed by atoms with Gasteiger partial charge in [-0.25, -0.2) is 5.48 Å². The Morgan fingerprint density at radius 2 is 1.73 bits per heavy atom. The third kappa shape index (κ3) is 8.06. The number of nitrogens with zero attached hydrogens (tertiary/aromatic N) is 1. The summed E-state index contributed by atoms with van der Waals surface area (Å²) in [5.74, 6) is -0.742. The first kappa shape index (κ1) is 27.2. The van der Waals surface area contributed by atoms with Crippen LogP contribution < -0.4 is 10.8 Å². The monoisotopic (exact) mass is 513 g/mol. The van der Waals surface area contributed by atoms with Gasteiger partial charge in [-0.05, 0) is 29.7 Å². The molecule has 0 saturated carbocycles. The fraction of sp³-hybridized carbons (Fsp3) is 0.481. The van der Waals surface area contributed by atoms with Crippen LogP contribution in [0.1, 0.15) is 54.8 Å². The van der Waals surface area contributed by atoms with Gasteiger partial charge in [-0.15, -0.1) is 0 Å². The smallest absolute Gasteiger partial charge is 0.243 e. The van der Waals surface area contributed by atoms with Crippen LogP contribution in [-0.4, -0.2) is 66.0 Å². The van der Waals surface area contributed by atoms with E-state index in [-0.39, 0.29) is 37.6 Å². The van der Waals surface area contributed by atoms with E-state index in [9.17, 15) is 14.7 Å². The topological polar surface area (TPSA) is 130 Å². The van der Waals surface area contributed by atoms with Gasteiger partial charge in [0.2, 0.25) is 11.8 Å². The lowest BCUT2D eigenvalue weighted by Crippen LogP contribution is -2.44. The van der Waals surface area contributed by atoms with Gasteiger partial charge in [0.05, 0.1) is 32.0 Å². The SMILES string of the molecule is O=C(CCCC(=O)Nc1cccc([C@H]2O[C@@H](CN3CCOCC3)C[C@@H](c3ccc(CO)cc3)O2)c1)NO. The number of hydroxylamine groups is 1. The number of carbonyl (C=O) groups is 2. The Morgan fingerprint density at radius 1 is 0.973 bits per heavy atom. The summed E-state index contributed by atoms with van der Waals surface area (Å²) in [7, 11) is 0. The fourth-order valence-electron chi connectivity index (χ4n) is 4.56. The number of benzene rings is 2. The van der Waals surface area contributed by atoms with Crippen LogP contribution in [0.3, 0.4) is 0 Å². The number of ether oxygens (including phenoxy) is 3. The van der Waals surface area contributed by atoms with Crippen LogP contribution in [0.4, 0.5) is 5.69 Å². The van der Waals surface area contributed by atoms with E-state index in [1.54, 1.807) is 11.5 Å². The molecular formula is C27H35N3O7. The Bertz CT molecular complexity index is 1030. The maximum absolute atomic E-state index is 12.3. The second-order valence-electron chi connectivity index (χ2n) is 9.33. The maximum atomic E-state index is 12.3. The summed E-state index contributed by atoms with van der Waals surface area (Å²) in [5.41, 5.74) is 4.83. The first-order valence-corrected chi connectivity index (χ1v) is 12.7. The third-order valence-corrected chi connectivity index (χ3v) is 6.56. The zero-order valence-electron chi connectivity index (χ0n) is 20.8. The van der Waals surface area contributed by atoms with Crippen LogP contribution in [0.5, 0.6) is 0 Å². The third-order valence-electron chi connectivity index (χ3n) is 6.56. The molecule has 10 nitrogen and oxygen atoms in total. The van der Waals surface area contributed by atoms with Gasteiger partial charge in [-0.3, -0.25) is 19.7 Å². The summed E-state index contributed by atoms with van der Waals surface area (Å²) in [5, 5.41) is 20.8. The van der Waals surface area contributed by atoms with Crippen LogP contribution in [0.15, 0.2) is 48.5 Å². The van der Waals surface area contributed by atoms with E-state index in [0.717, 1.165) is 36.3 Å². The summed E-state index contributed by atoms with van der Waals surface area (Å²) in [6.07, 6.45) is 0.383. The molecule has 0 spiro atoms. The largest absolute Gasteiger partial charge is 0.392 e. The Hall–Kier alpha value is -2.86. The van der Waals surface area contributed by atoms with E-state index in [0.29, 0.717) is 31.7 Å². The molecule has 200 valence electrons. The summed E-state index contributed by atoms with van der Waals surface area (Å²) in [6, 6.07) is 15.2. The van der Waals surface area contributed by atoms with Crippen molar-refractivity contribution >= 4 is 17.5 Å². The predicted octanol–water partition coefficient (Wildman–Crippen LogP) is 2.67. The standard InChI is InChI=1S/C27H35N3O7/c31-18-19-7-9-20(10-8-19)24-16-23(17-30-11-13-35-14-12-30)36-27(37-24)21-3-1-4-22(15-21)28-25(32)5-2-6-26(33)29-34/h1,3-4,7-10,15,23-24,27,31,34H,2,5-6,11-14,16-18H2,(H,28,32)(H,29,33)/t23-,24+,27+/m1/s1. The fourth-order valence-corrected chi connectivity index (χ4v) is 4.56. The number of nitrogens with one attached hydrogen (secondary N) is 2. The highest BCUT2D eigenvalue weighted by molar-refractivity contribution is 5.91. The quantitative estimate of drug-likeness (QED) is 0.282. The van der Waals surface area contributed by atoms with E-state index in [1.807, 2.05) is 42.5 Å². The second kappa shape index (κ2) is 13.6. The number of carbonyl (C=O) groups excluding carboxylic acids is 2. The van der Waals surface area contributed by atoms with E-state index in [4.69, 9.17) is 19.4 Å². The molecule has 2 aromatic rings. The van der Waals surface area contributed by atoms with Crippen molar-refractivity contribution in [2.45, 2.75) is 50.8 Å². The summed E-state index contributed by atoms with van der Waals surface area (Å²) in [6.45, 7) is 3.91. The van der Waals surface area contributed by atoms with Crippen LogP contribution in [0.25, 0.3) is 0 Å². The average molecular weight is 514 g/mol. The Kier molecular flexibility index (Phi) is 10.0. The number of amides is 2. The van der Waals surface area contributed by atoms with E-state index in [1.165, 1.54) is 0 Å². The lowest BCUT2D eigenvalue weighted by Gasteiger charge is -2.39. The molecule has 10 heteroatoms. The van der Waals surface area contributed by atoms with Gasteiger partial charge in [0, 0.05) is 50.1 Å². The number of morpholine rings is 1. The summed E-state index contributed by atoms with van der Waals surface area (Å²) in [4.78, 5) is 25.8. The van der Waals surface area contributed by atoms with Crippen molar-refractivity contribution in [1.82, 2.24) is 10.4 Å². The lowest BCUT2D eigenvalue weighted by molar-refractivity contribution is -0.253. The highest BCUT2D eigenvalue weighted by Gasteiger charge is 2.33. The van der Waals surface area contributed by atoms with Gasteiger partial charge in [-0.2, -0.15) is 0 Å². The molecule has 4 rings (SSSR count). The molecule has 0 aromatic heterocycles. The highest BCUT2D eigenvalue weighted by atomic mass is 16.7. The molecule has 3 atom stereocenters. The van der Waals surface area contributed by atoms with Crippen molar-refractivity contribution in [2.75, 3.05) is 38.2 Å². The van der Waals surface area contributed by atoms with Crippen molar-refractivity contribution in [2.24, 2.45) is 0 Å². The number of anilines is 1.